The third-order valence-electron chi connectivity index (χ3n) is 5.24. The van der Waals surface area contributed by atoms with E-state index in [-0.39, 0.29) is 24.2 Å². The number of rotatable bonds is 7. The Morgan fingerprint density at radius 2 is 2.10 bits per heavy atom. The van der Waals surface area contributed by atoms with Crippen LogP contribution in [0.4, 0.5) is 5.69 Å². The van der Waals surface area contributed by atoms with Crippen LogP contribution in [0.2, 0.25) is 0 Å². The van der Waals surface area contributed by atoms with E-state index in [2.05, 4.69) is 0 Å². The molecule has 3 rings (SSSR count). The zero-order chi connectivity index (χ0) is 21.5. The summed E-state index contributed by atoms with van der Waals surface area (Å²) in [6, 6.07) is 9.71. The third kappa shape index (κ3) is 5.34. The van der Waals surface area contributed by atoms with Gasteiger partial charge in [0, 0.05) is 50.5 Å². The molecular weight excluding hydrogens is 386 g/mol. The molecule has 1 unspecified atom stereocenters. The highest BCUT2D eigenvalue weighted by Crippen LogP contribution is 2.22. The normalized spacial score (nSPS) is 16.6. The van der Waals surface area contributed by atoms with Crippen molar-refractivity contribution in [3.63, 3.8) is 0 Å². The second-order valence-electron chi connectivity index (χ2n) is 7.29. The number of piperidine rings is 1. The van der Waals surface area contributed by atoms with Crippen LogP contribution in [0.3, 0.4) is 0 Å². The van der Waals surface area contributed by atoms with Crippen LogP contribution in [0.5, 0.6) is 0 Å². The third-order valence-corrected chi connectivity index (χ3v) is 5.24. The largest absolute Gasteiger partial charge is 0.462 e. The number of esters is 1. The van der Waals surface area contributed by atoms with Crippen molar-refractivity contribution in [3.05, 3.63) is 70.0 Å². The Morgan fingerprint density at radius 3 is 2.83 bits per heavy atom. The van der Waals surface area contributed by atoms with Crippen molar-refractivity contribution in [3.8, 4) is 0 Å². The maximum absolute atomic E-state index is 12.9. The molecular formula is C22H25N3O5. The van der Waals surface area contributed by atoms with Gasteiger partial charge in [0.25, 0.3) is 11.6 Å². The summed E-state index contributed by atoms with van der Waals surface area (Å²) in [5, 5.41) is 10.8. The predicted molar refractivity (Wildman–Crippen MR) is 112 cm³/mol. The lowest BCUT2D eigenvalue weighted by Crippen LogP contribution is -2.44. The van der Waals surface area contributed by atoms with Gasteiger partial charge in [-0.3, -0.25) is 14.9 Å². The first-order chi connectivity index (χ1) is 14.5. The molecule has 1 saturated heterocycles. The summed E-state index contributed by atoms with van der Waals surface area (Å²) in [5.41, 5.74) is 1.16. The summed E-state index contributed by atoms with van der Waals surface area (Å²) >= 11 is 0. The van der Waals surface area contributed by atoms with Crippen molar-refractivity contribution in [1.29, 1.82) is 0 Å². The van der Waals surface area contributed by atoms with Crippen molar-refractivity contribution in [2.45, 2.75) is 31.7 Å². The first kappa shape index (κ1) is 21.3. The number of hydrogen-bond acceptors (Lipinski definition) is 5. The number of aromatic nitrogens is 1. The molecule has 30 heavy (non-hydrogen) atoms. The van der Waals surface area contributed by atoms with Gasteiger partial charge in [-0.2, -0.15) is 0 Å². The van der Waals surface area contributed by atoms with E-state index >= 15 is 0 Å². The van der Waals surface area contributed by atoms with Crippen LogP contribution in [-0.4, -0.2) is 45.5 Å². The van der Waals surface area contributed by atoms with Gasteiger partial charge in [0.05, 0.1) is 11.5 Å². The van der Waals surface area contributed by atoms with Crippen molar-refractivity contribution >= 4 is 23.6 Å². The Bertz CT molecular complexity index is 950. The van der Waals surface area contributed by atoms with Crippen molar-refractivity contribution < 1.29 is 19.2 Å². The van der Waals surface area contributed by atoms with Crippen molar-refractivity contribution in [2.75, 3.05) is 13.2 Å². The highest BCUT2D eigenvalue weighted by molar-refractivity contribution is 5.93. The molecule has 0 aliphatic carbocycles. The van der Waals surface area contributed by atoms with E-state index in [1.807, 2.05) is 34.8 Å². The maximum Gasteiger partial charge on any atom is 0.330 e. The molecule has 8 nitrogen and oxygen atoms in total. The number of carbonyl (C=O) groups is 2. The number of nitrogens with zero attached hydrogens (tertiary/aromatic N) is 3. The quantitative estimate of drug-likeness (QED) is 0.300. The van der Waals surface area contributed by atoms with E-state index in [4.69, 9.17) is 4.74 Å². The van der Waals surface area contributed by atoms with Gasteiger partial charge in [-0.15, -0.1) is 0 Å². The van der Waals surface area contributed by atoms with E-state index in [1.54, 1.807) is 12.1 Å². The molecule has 1 aromatic heterocycles. The van der Waals surface area contributed by atoms with Crippen LogP contribution in [0.25, 0.3) is 6.08 Å². The minimum Gasteiger partial charge on any atom is -0.462 e. The van der Waals surface area contributed by atoms with Gasteiger partial charge in [-0.05, 0) is 43.0 Å². The summed E-state index contributed by atoms with van der Waals surface area (Å²) in [6.45, 7) is 0.912. The van der Waals surface area contributed by atoms with Gasteiger partial charge in [0.2, 0.25) is 0 Å². The van der Waals surface area contributed by atoms with E-state index in [0.717, 1.165) is 19.3 Å². The standard InChI is InChI=1S/C22H25N3O5/c1-23-13-5-9-20(23)22(27)24-14-3-2-7-18(24)12-15-30-21(26)11-10-17-6-4-8-19(16-17)25(28)29/h4-6,8-11,13,16,18H,2-3,7,12,14-15H2,1H3/b11-10+. The first-order valence-electron chi connectivity index (χ1n) is 9.97. The second kappa shape index (κ2) is 9.87. The molecule has 1 aromatic carbocycles. The summed E-state index contributed by atoms with van der Waals surface area (Å²) < 4.78 is 7.10. The van der Waals surface area contributed by atoms with Crippen LogP contribution >= 0.6 is 0 Å². The zero-order valence-electron chi connectivity index (χ0n) is 16.9. The number of amides is 1. The summed E-state index contributed by atoms with van der Waals surface area (Å²) in [7, 11) is 1.85. The molecule has 0 radical (unpaired) electrons. The Kier molecular flexibility index (Phi) is 7.00. The number of nitro benzene ring substituents is 1. The summed E-state index contributed by atoms with van der Waals surface area (Å²) in [4.78, 5) is 37.1. The Labute approximate surface area is 174 Å². The number of ether oxygens (including phenoxy) is 1. The Morgan fingerprint density at radius 1 is 1.27 bits per heavy atom. The minimum absolute atomic E-state index is 0.00379. The number of carbonyl (C=O) groups excluding carboxylic acids is 2. The number of aryl methyl sites for hydroxylation is 1. The van der Waals surface area contributed by atoms with Gasteiger partial charge in [-0.1, -0.05) is 12.1 Å². The van der Waals surface area contributed by atoms with Gasteiger partial charge in [-0.25, -0.2) is 4.79 Å². The predicted octanol–water partition coefficient (Wildman–Crippen LogP) is 3.57. The van der Waals surface area contributed by atoms with Crippen molar-refractivity contribution in [2.24, 2.45) is 7.05 Å². The monoisotopic (exact) mass is 411 g/mol. The summed E-state index contributed by atoms with van der Waals surface area (Å²) in [5.74, 6) is -0.512. The van der Waals surface area contributed by atoms with Crippen LogP contribution in [0.1, 0.15) is 41.7 Å². The topological polar surface area (TPSA) is 94.7 Å². The van der Waals surface area contributed by atoms with Crippen LogP contribution in [0.15, 0.2) is 48.7 Å². The molecule has 1 atom stereocenters. The van der Waals surface area contributed by atoms with E-state index in [9.17, 15) is 19.7 Å². The molecule has 1 fully saturated rings. The molecule has 158 valence electrons. The lowest BCUT2D eigenvalue weighted by molar-refractivity contribution is -0.384. The van der Waals surface area contributed by atoms with Crippen LogP contribution in [0, 0.1) is 10.1 Å². The first-order valence-corrected chi connectivity index (χ1v) is 9.97. The highest BCUT2D eigenvalue weighted by Gasteiger charge is 2.28. The molecule has 1 aliphatic rings. The number of likely N-dealkylation sites (tertiary alicyclic amines) is 1. The average molecular weight is 411 g/mol. The number of non-ortho nitro benzene ring substituents is 1. The smallest absolute Gasteiger partial charge is 0.330 e. The minimum atomic E-state index is -0.516. The van der Waals surface area contributed by atoms with Gasteiger partial charge in [0.15, 0.2) is 0 Å². The molecule has 1 aliphatic heterocycles. The number of benzene rings is 1. The Hall–Kier alpha value is -3.42. The van der Waals surface area contributed by atoms with Gasteiger partial charge in [0.1, 0.15) is 5.69 Å². The van der Waals surface area contributed by atoms with Gasteiger partial charge >= 0.3 is 5.97 Å². The number of hydrogen-bond donors (Lipinski definition) is 0. The molecule has 0 N–H and O–H groups in total. The lowest BCUT2D eigenvalue weighted by atomic mass is 9.99. The molecule has 2 heterocycles. The van der Waals surface area contributed by atoms with E-state index < -0.39 is 10.9 Å². The fourth-order valence-corrected chi connectivity index (χ4v) is 3.65. The second-order valence-corrected chi connectivity index (χ2v) is 7.29. The lowest BCUT2D eigenvalue weighted by Gasteiger charge is -2.35. The fourth-order valence-electron chi connectivity index (χ4n) is 3.65. The van der Waals surface area contributed by atoms with Crippen LogP contribution in [-0.2, 0) is 16.6 Å². The Balaban J connectivity index is 1.52. The van der Waals surface area contributed by atoms with E-state index in [1.165, 1.54) is 24.3 Å². The average Bonchev–Trinajstić information content (AvgIpc) is 3.18. The van der Waals surface area contributed by atoms with E-state index in [0.29, 0.717) is 24.2 Å². The van der Waals surface area contributed by atoms with Gasteiger partial charge < -0.3 is 14.2 Å². The number of nitro groups is 1. The molecule has 1 amide bonds. The maximum atomic E-state index is 12.9. The highest BCUT2D eigenvalue weighted by atomic mass is 16.6. The molecule has 0 spiro atoms. The molecule has 8 heteroatoms. The molecule has 2 aromatic rings. The molecule has 0 bridgehead atoms. The summed E-state index contributed by atoms with van der Waals surface area (Å²) in [6.07, 6.45) is 8.07. The van der Waals surface area contributed by atoms with Crippen molar-refractivity contribution in [1.82, 2.24) is 9.47 Å². The SMILES string of the molecule is Cn1cccc1C(=O)N1CCCCC1CCOC(=O)/C=C/c1cccc([N+](=O)[O-])c1. The molecule has 0 saturated carbocycles. The fraction of sp³-hybridized carbons (Fsp3) is 0.364. The zero-order valence-corrected chi connectivity index (χ0v) is 16.9. The van der Waals surface area contributed by atoms with Crippen LogP contribution < -0.4 is 0 Å².